The highest BCUT2D eigenvalue weighted by Crippen LogP contribution is 2.16. The zero-order valence-electron chi connectivity index (χ0n) is 9.56. The lowest BCUT2D eigenvalue weighted by Gasteiger charge is -2.02. The minimum Gasteiger partial charge on any atom is -0.497 e. The second kappa shape index (κ2) is 5.95. The van der Waals surface area contributed by atoms with Crippen molar-refractivity contribution in [2.75, 3.05) is 7.11 Å². The van der Waals surface area contributed by atoms with Crippen LogP contribution < -0.4 is 4.74 Å². The molecule has 0 aromatic heterocycles. The summed E-state index contributed by atoms with van der Waals surface area (Å²) in [6, 6.07) is 7.32. The average Bonchev–Trinajstić information content (AvgIpc) is 2.29. The van der Waals surface area contributed by atoms with E-state index >= 15 is 0 Å². The van der Waals surface area contributed by atoms with Gasteiger partial charge in [-0.1, -0.05) is 25.5 Å². The van der Waals surface area contributed by atoms with E-state index in [4.69, 9.17) is 9.84 Å². The third kappa shape index (κ3) is 3.42. The van der Waals surface area contributed by atoms with Crippen molar-refractivity contribution in [2.45, 2.75) is 19.8 Å². The monoisotopic (exact) mass is 220 g/mol. The zero-order valence-corrected chi connectivity index (χ0v) is 9.56. The molecule has 3 nitrogen and oxygen atoms in total. The van der Waals surface area contributed by atoms with E-state index in [1.165, 1.54) is 0 Å². The summed E-state index contributed by atoms with van der Waals surface area (Å²) in [4.78, 5) is 10.9. The number of carboxylic acid groups (broad SMARTS) is 1. The van der Waals surface area contributed by atoms with Crippen molar-refractivity contribution in [3.63, 3.8) is 0 Å². The molecular formula is C13H16O3. The smallest absolute Gasteiger partial charge is 0.331 e. The van der Waals surface area contributed by atoms with Gasteiger partial charge in [0.1, 0.15) is 5.75 Å². The fraction of sp³-hybridized carbons (Fsp3) is 0.308. The van der Waals surface area contributed by atoms with Crippen LogP contribution in [0.3, 0.4) is 0 Å². The third-order valence-corrected chi connectivity index (χ3v) is 2.25. The Morgan fingerprint density at radius 3 is 2.44 bits per heavy atom. The van der Waals surface area contributed by atoms with Gasteiger partial charge in [0.15, 0.2) is 0 Å². The molecule has 1 aromatic carbocycles. The van der Waals surface area contributed by atoms with Crippen molar-refractivity contribution in [2.24, 2.45) is 0 Å². The van der Waals surface area contributed by atoms with Gasteiger partial charge in [0, 0.05) is 5.57 Å². The van der Waals surface area contributed by atoms with Gasteiger partial charge in [0.05, 0.1) is 7.11 Å². The number of hydrogen-bond donors (Lipinski definition) is 1. The number of benzene rings is 1. The zero-order chi connectivity index (χ0) is 12.0. The number of rotatable bonds is 5. The quantitative estimate of drug-likeness (QED) is 0.776. The van der Waals surface area contributed by atoms with Gasteiger partial charge >= 0.3 is 5.97 Å². The normalized spacial score (nSPS) is 11.2. The molecule has 0 aliphatic carbocycles. The number of carbonyl (C=O) groups is 1. The highest BCUT2D eigenvalue weighted by molar-refractivity contribution is 5.92. The molecule has 1 N–H and O–H groups in total. The summed E-state index contributed by atoms with van der Waals surface area (Å²) in [6.07, 6.45) is 3.11. The van der Waals surface area contributed by atoms with Crippen LogP contribution >= 0.6 is 0 Å². The van der Waals surface area contributed by atoms with E-state index in [2.05, 4.69) is 0 Å². The van der Waals surface area contributed by atoms with Gasteiger partial charge in [-0.2, -0.15) is 0 Å². The second-order valence-corrected chi connectivity index (χ2v) is 3.50. The van der Waals surface area contributed by atoms with Crippen LogP contribution in [0.25, 0.3) is 6.08 Å². The molecule has 1 rings (SSSR count). The number of carboxylic acids is 1. The summed E-state index contributed by atoms with van der Waals surface area (Å²) < 4.78 is 5.03. The first-order valence-corrected chi connectivity index (χ1v) is 5.25. The molecule has 0 spiro atoms. The number of ether oxygens (including phenoxy) is 1. The largest absolute Gasteiger partial charge is 0.497 e. The van der Waals surface area contributed by atoms with Crippen molar-refractivity contribution >= 4 is 12.0 Å². The van der Waals surface area contributed by atoms with E-state index in [0.29, 0.717) is 12.0 Å². The summed E-state index contributed by atoms with van der Waals surface area (Å²) in [5, 5.41) is 8.97. The number of methoxy groups -OCH3 is 1. The standard InChI is InChI=1S/C13H16O3/c1-3-4-11(13(14)15)9-10-5-7-12(16-2)8-6-10/h5-9H,3-4H2,1-2H3,(H,14,15). The Kier molecular flexibility index (Phi) is 4.58. The average molecular weight is 220 g/mol. The number of hydrogen-bond acceptors (Lipinski definition) is 2. The molecule has 0 bridgehead atoms. The van der Waals surface area contributed by atoms with E-state index < -0.39 is 5.97 Å². The van der Waals surface area contributed by atoms with Crippen molar-refractivity contribution in [1.29, 1.82) is 0 Å². The molecule has 0 fully saturated rings. The summed E-state index contributed by atoms with van der Waals surface area (Å²) in [6.45, 7) is 1.96. The molecule has 0 saturated carbocycles. The summed E-state index contributed by atoms with van der Waals surface area (Å²) in [5.41, 5.74) is 1.32. The Morgan fingerprint density at radius 2 is 2.00 bits per heavy atom. The maximum absolute atomic E-state index is 10.9. The first-order chi connectivity index (χ1) is 7.67. The molecule has 0 amide bonds. The van der Waals surface area contributed by atoms with Gasteiger partial charge < -0.3 is 9.84 Å². The highest BCUT2D eigenvalue weighted by atomic mass is 16.5. The Labute approximate surface area is 95.4 Å². The SMILES string of the molecule is CCCC(=Cc1ccc(OC)cc1)C(=O)O. The van der Waals surface area contributed by atoms with Crippen LogP contribution in [0.2, 0.25) is 0 Å². The molecule has 16 heavy (non-hydrogen) atoms. The van der Waals surface area contributed by atoms with Gasteiger partial charge in [-0.05, 0) is 30.2 Å². The summed E-state index contributed by atoms with van der Waals surface area (Å²) >= 11 is 0. The molecule has 86 valence electrons. The van der Waals surface area contributed by atoms with Gasteiger partial charge in [0.25, 0.3) is 0 Å². The summed E-state index contributed by atoms with van der Waals surface area (Å²) in [7, 11) is 1.60. The van der Waals surface area contributed by atoms with Crippen molar-refractivity contribution in [1.82, 2.24) is 0 Å². The van der Waals surface area contributed by atoms with Gasteiger partial charge in [-0.3, -0.25) is 0 Å². The Hall–Kier alpha value is -1.77. The molecule has 0 radical (unpaired) electrons. The lowest BCUT2D eigenvalue weighted by atomic mass is 10.1. The van der Waals surface area contributed by atoms with E-state index in [1.807, 2.05) is 31.2 Å². The maximum atomic E-state index is 10.9. The van der Waals surface area contributed by atoms with Crippen LogP contribution in [0.4, 0.5) is 0 Å². The molecule has 0 aliphatic rings. The van der Waals surface area contributed by atoms with Crippen LogP contribution in [0, 0.1) is 0 Å². The molecule has 0 saturated heterocycles. The minimum absolute atomic E-state index is 0.438. The lowest BCUT2D eigenvalue weighted by Crippen LogP contribution is -1.99. The molecule has 3 heteroatoms. The van der Waals surface area contributed by atoms with Gasteiger partial charge in [-0.25, -0.2) is 4.79 Å². The molecule has 0 heterocycles. The van der Waals surface area contributed by atoms with Crippen molar-refractivity contribution < 1.29 is 14.6 Å². The van der Waals surface area contributed by atoms with E-state index in [1.54, 1.807) is 13.2 Å². The van der Waals surface area contributed by atoms with E-state index in [-0.39, 0.29) is 0 Å². The first kappa shape index (κ1) is 12.3. The van der Waals surface area contributed by atoms with Crippen molar-refractivity contribution in [3.8, 4) is 5.75 Å². The molecular weight excluding hydrogens is 204 g/mol. The Balaban J connectivity index is 2.89. The van der Waals surface area contributed by atoms with Gasteiger partial charge in [-0.15, -0.1) is 0 Å². The van der Waals surface area contributed by atoms with E-state index in [9.17, 15) is 4.79 Å². The summed E-state index contributed by atoms with van der Waals surface area (Å²) in [5.74, 6) is -0.0813. The maximum Gasteiger partial charge on any atom is 0.331 e. The van der Waals surface area contributed by atoms with Crippen LogP contribution in [-0.2, 0) is 4.79 Å². The fourth-order valence-corrected chi connectivity index (χ4v) is 1.41. The van der Waals surface area contributed by atoms with Crippen LogP contribution in [0.15, 0.2) is 29.8 Å². The van der Waals surface area contributed by atoms with Crippen LogP contribution in [-0.4, -0.2) is 18.2 Å². The van der Waals surface area contributed by atoms with Crippen LogP contribution in [0.1, 0.15) is 25.3 Å². The highest BCUT2D eigenvalue weighted by Gasteiger charge is 2.05. The topological polar surface area (TPSA) is 46.5 Å². The van der Waals surface area contributed by atoms with E-state index in [0.717, 1.165) is 17.7 Å². The molecule has 0 atom stereocenters. The predicted molar refractivity (Wildman–Crippen MR) is 63.5 cm³/mol. The Bertz CT molecular complexity index is 377. The van der Waals surface area contributed by atoms with Crippen molar-refractivity contribution in [3.05, 3.63) is 35.4 Å². The molecule has 1 aromatic rings. The lowest BCUT2D eigenvalue weighted by molar-refractivity contribution is -0.132. The first-order valence-electron chi connectivity index (χ1n) is 5.25. The molecule has 0 unspecified atom stereocenters. The fourth-order valence-electron chi connectivity index (χ4n) is 1.41. The number of aliphatic carboxylic acids is 1. The Morgan fingerprint density at radius 1 is 1.38 bits per heavy atom. The van der Waals surface area contributed by atoms with Crippen LogP contribution in [0.5, 0.6) is 5.75 Å². The van der Waals surface area contributed by atoms with Gasteiger partial charge in [0.2, 0.25) is 0 Å². The minimum atomic E-state index is -0.849. The molecule has 0 aliphatic heterocycles. The third-order valence-electron chi connectivity index (χ3n) is 2.25. The predicted octanol–water partition coefficient (Wildman–Crippen LogP) is 2.96. The second-order valence-electron chi connectivity index (χ2n) is 3.50.